The van der Waals surface area contributed by atoms with Crippen molar-refractivity contribution in [3.63, 3.8) is 0 Å². The number of nitrogens with zero attached hydrogens (tertiary/aromatic N) is 1. The molecule has 6 heteroatoms. The van der Waals surface area contributed by atoms with Crippen molar-refractivity contribution in [3.8, 4) is 0 Å². The lowest BCUT2D eigenvalue weighted by molar-refractivity contribution is 0.569. The maximum absolute atomic E-state index is 2.45. The average Bonchev–Trinajstić information content (AvgIpc) is 2.40. The molecule has 0 fully saturated rings. The minimum atomic E-state index is 0.556. The molecule has 15 heavy (non-hydrogen) atoms. The van der Waals surface area contributed by atoms with Crippen LogP contribution in [0.3, 0.4) is 0 Å². The lowest BCUT2D eigenvalue weighted by atomic mass is 10.3. The fraction of sp³-hybridized carbons (Fsp3) is 0.556. The third-order valence-corrected chi connectivity index (χ3v) is 11.1. The SMILES string of the molecule is Cc1c2c(c(C)n1C(C)C)SSSSS2. The predicted octanol–water partition coefficient (Wildman–Crippen LogP) is 5.74. The summed E-state index contributed by atoms with van der Waals surface area (Å²) in [6, 6.07) is 0.556. The second kappa shape index (κ2) is 5.12. The number of rotatable bonds is 1. The second-order valence-electron chi connectivity index (χ2n) is 3.66. The Bertz CT molecular complexity index is 342. The summed E-state index contributed by atoms with van der Waals surface area (Å²) >= 11 is 0. The average molecular weight is 296 g/mol. The highest BCUT2D eigenvalue weighted by Crippen LogP contribution is 2.61. The van der Waals surface area contributed by atoms with E-state index in [1.54, 1.807) is 0 Å². The molecular weight excluding hydrogens is 282 g/mol. The Morgan fingerprint density at radius 1 is 0.867 bits per heavy atom. The number of hydrogen-bond donors (Lipinski definition) is 0. The van der Waals surface area contributed by atoms with Crippen LogP contribution in [-0.4, -0.2) is 4.57 Å². The first kappa shape index (κ1) is 12.5. The van der Waals surface area contributed by atoms with Crippen molar-refractivity contribution < 1.29 is 0 Å². The van der Waals surface area contributed by atoms with Gasteiger partial charge in [-0.1, -0.05) is 0 Å². The van der Waals surface area contributed by atoms with E-state index in [1.165, 1.54) is 21.2 Å². The molecule has 2 heterocycles. The monoisotopic (exact) mass is 295 g/mol. The van der Waals surface area contributed by atoms with Gasteiger partial charge in [0.25, 0.3) is 0 Å². The lowest BCUT2D eigenvalue weighted by Crippen LogP contribution is -2.04. The van der Waals surface area contributed by atoms with Gasteiger partial charge in [-0.15, -0.1) is 0 Å². The fourth-order valence-corrected chi connectivity index (χ4v) is 11.3. The first-order valence-electron chi connectivity index (χ1n) is 4.69. The van der Waals surface area contributed by atoms with Gasteiger partial charge in [0, 0.05) is 17.4 Å². The van der Waals surface area contributed by atoms with E-state index >= 15 is 0 Å². The van der Waals surface area contributed by atoms with E-state index in [4.69, 9.17) is 0 Å². The molecule has 0 bridgehead atoms. The number of fused-ring (bicyclic) bond motifs is 1. The van der Waals surface area contributed by atoms with Gasteiger partial charge < -0.3 is 4.57 Å². The quantitative estimate of drug-likeness (QED) is 0.606. The third-order valence-electron chi connectivity index (χ3n) is 2.39. The van der Waals surface area contributed by atoms with E-state index in [-0.39, 0.29) is 0 Å². The van der Waals surface area contributed by atoms with Crippen molar-refractivity contribution >= 4 is 51.1 Å². The van der Waals surface area contributed by atoms with Gasteiger partial charge in [0.15, 0.2) is 0 Å². The summed E-state index contributed by atoms with van der Waals surface area (Å²) in [4.78, 5) is 2.93. The number of hydrogen-bond acceptors (Lipinski definition) is 5. The molecule has 0 saturated heterocycles. The van der Waals surface area contributed by atoms with Crippen LogP contribution in [0.2, 0.25) is 0 Å². The second-order valence-corrected chi connectivity index (χ2v) is 11.1. The highest BCUT2D eigenvalue weighted by Gasteiger charge is 2.22. The van der Waals surface area contributed by atoms with E-state index in [0.29, 0.717) is 6.04 Å². The van der Waals surface area contributed by atoms with Crippen LogP contribution in [0.4, 0.5) is 0 Å². The molecule has 0 amide bonds. The molecule has 1 aromatic heterocycles. The van der Waals surface area contributed by atoms with Crippen molar-refractivity contribution in [1.29, 1.82) is 0 Å². The molecular formula is C9H13NS5. The van der Waals surface area contributed by atoms with E-state index < -0.39 is 0 Å². The van der Waals surface area contributed by atoms with Gasteiger partial charge in [0.05, 0.1) is 9.79 Å². The lowest BCUT2D eigenvalue weighted by Gasteiger charge is -2.13. The molecule has 0 radical (unpaired) electrons. The summed E-state index contributed by atoms with van der Waals surface area (Å²) < 4.78 is 2.45. The summed E-state index contributed by atoms with van der Waals surface area (Å²) in [7, 11) is 9.41. The molecule has 1 nitrogen and oxygen atoms in total. The molecule has 1 aliphatic heterocycles. The Morgan fingerprint density at radius 3 is 1.73 bits per heavy atom. The first-order chi connectivity index (χ1) is 7.13. The highest BCUT2D eigenvalue weighted by molar-refractivity contribution is 9.36. The summed E-state index contributed by atoms with van der Waals surface area (Å²) in [5.41, 5.74) is 2.84. The van der Waals surface area contributed by atoms with Gasteiger partial charge in [-0.05, 0) is 78.8 Å². The van der Waals surface area contributed by atoms with Crippen LogP contribution in [0, 0.1) is 13.8 Å². The van der Waals surface area contributed by atoms with Crippen molar-refractivity contribution in [1.82, 2.24) is 4.57 Å². The van der Waals surface area contributed by atoms with Gasteiger partial charge in [-0.25, -0.2) is 0 Å². The topological polar surface area (TPSA) is 4.93 Å². The first-order valence-corrected chi connectivity index (χ1v) is 10.8. The molecule has 0 aromatic carbocycles. The number of aromatic nitrogens is 1. The summed E-state index contributed by atoms with van der Waals surface area (Å²) in [5.74, 6) is 0. The van der Waals surface area contributed by atoms with Gasteiger partial charge >= 0.3 is 0 Å². The maximum Gasteiger partial charge on any atom is 0.0545 e. The minimum Gasteiger partial charge on any atom is -0.344 e. The maximum atomic E-state index is 2.45. The van der Waals surface area contributed by atoms with Gasteiger partial charge in [-0.3, -0.25) is 0 Å². The van der Waals surface area contributed by atoms with Gasteiger partial charge in [-0.2, -0.15) is 0 Å². The molecule has 0 unspecified atom stereocenters. The van der Waals surface area contributed by atoms with Crippen LogP contribution in [-0.2, 0) is 0 Å². The molecule has 0 spiro atoms. The van der Waals surface area contributed by atoms with E-state index in [0.717, 1.165) is 0 Å². The van der Waals surface area contributed by atoms with Crippen molar-refractivity contribution in [2.45, 2.75) is 43.5 Å². The standard InChI is InChI=1S/C9H13NS5/c1-5(2)10-6(3)8-9(7(10)4)12-14-15-13-11-8/h5H,1-4H3. The zero-order chi connectivity index (χ0) is 11.0. The molecule has 0 atom stereocenters. The van der Waals surface area contributed by atoms with Crippen molar-refractivity contribution in [2.24, 2.45) is 0 Å². The van der Waals surface area contributed by atoms with Gasteiger partial charge in [0.2, 0.25) is 0 Å². The molecule has 0 aliphatic carbocycles. The molecule has 1 aromatic rings. The largest absolute Gasteiger partial charge is 0.344 e. The van der Waals surface area contributed by atoms with Crippen LogP contribution < -0.4 is 0 Å². The van der Waals surface area contributed by atoms with Crippen LogP contribution in [0.1, 0.15) is 31.3 Å². The smallest absolute Gasteiger partial charge is 0.0545 e. The summed E-state index contributed by atoms with van der Waals surface area (Å²) in [6.45, 7) is 8.98. The molecule has 0 N–H and O–H groups in total. The summed E-state index contributed by atoms with van der Waals surface area (Å²) in [6.07, 6.45) is 0. The van der Waals surface area contributed by atoms with E-state index in [9.17, 15) is 0 Å². The normalized spacial score (nSPS) is 16.6. The Hall–Kier alpha value is 1.03. The Labute approximate surface area is 110 Å². The summed E-state index contributed by atoms with van der Waals surface area (Å²) in [5, 5.41) is 0. The minimum absolute atomic E-state index is 0.556. The van der Waals surface area contributed by atoms with Crippen LogP contribution in [0.15, 0.2) is 9.79 Å². The van der Waals surface area contributed by atoms with Crippen LogP contribution >= 0.6 is 51.1 Å². The van der Waals surface area contributed by atoms with Crippen LogP contribution in [0.5, 0.6) is 0 Å². The molecule has 2 rings (SSSR count). The van der Waals surface area contributed by atoms with Crippen molar-refractivity contribution in [2.75, 3.05) is 0 Å². The van der Waals surface area contributed by atoms with E-state index in [1.807, 2.05) is 51.1 Å². The molecule has 1 aliphatic rings. The zero-order valence-corrected chi connectivity index (χ0v) is 13.1. The van der Waals surface area contributed by atoms with E-state index in [2.05, 4.69) is 32.3 Å². The predicted molar refractivity (Wildman–Crippen MR) is 78.8 cm³/mol. The molecule has 0 saturated carbocycles. The van der Waals surface area contributed by atoms with Crippen molar-refractivity contribution in [3.05, 3.63) is 11.4 Å². The Kier molecular flexibility index (Phi) is 4.26. The molecule has 84 valence electrons. The third kappa shape index (κ3) is 2.34. The zero-order valence-electron chi connectivity index (χ0n) is 9.07. The van der Waals surface area contributed by atoms with Gasteiger partial charge in [0.1, 0.15) is 0 Å². The van der Waals surface area contributed by atoms with Crippen LogP contribution in [0.25, 0.3) is 0 Å². The Morgan fingerprint density at radius 2 is 1.33 bits per heavy atom. The fourth-order valence-electron chi connectivity index (χ4n) is 1.88. The Balaban J connectivity index is 2.53. The highest BCUT2D eigenvalue weighted by atomic mass is 33.8.